The monoisotopic (exact) mass is 402 g/mol. The van der Waals surface area contributed by atoms with E-state index in [1.807, 2.05) is 25.1 Å². The Labute approximate surface area is 166 Å². The van der Waals surface area contributed by atoms with Crippen molar-refractivity contribution in [1.82, 2.24) is 15.1 Å². The van der Waals surface area contributed by atoms with Gasteiger partial charge in [-0.15, -0.1) is 0 Å². The molecule has 2 heterocycles. The molecule has 152 valence electrons. The fourth-order valence-electron chi connectivity index (χ4n) is 3.78. The van der Waals surface area contributed by atoms with Crippen LogP contribution in [0.3, 0.4) is 0 Å². The van der Waals surface area contributed by atoms with Gasteiger partial charge < -0.3 is 10.2 Å². The number of amides is 1. The van der Waals surface area contributed by atoms with Gasteiger partial charge >= 0.3 is 5.92 Å². The SMILES string of the molecule is C[C@@H]1[C@@H](NC(=O)C(C)(F)F)CCN1c1ccc2c(cnn2-c2ccc(F)cc2)c1. The van der Waals surface area contributed by atoms with Gasteiger partial charge in [-0.2, -0.15) is 13.9 Å². The quantitative estimate of drug-likeness (QED) is 0.720. The van der Waals surface area contributed by atoms with Crippen LogP contribution in [0.2, 0.25) is 0 Å². The van der Waals surface area contributed by atoms with Crippen molar-refractivity contribution in [2.24, 2.45) is 0 Å². The molecule has 5 nitrogen and oxygen atoms in total. The van der Waals surface area contributed by atoms with Crippen LogP contribution in [0, 0.1) is 5.82 Å². The largest absolute Gasteiger partial charge is 0.367 e. The number of benzene rings is 2. The molecule has 0 spiro atoms. The summed E-state index contributed by atoms with van der Waals surface area (Å²) in [6.07, 6.45) is 2.33. The van der Waals surface area contributed by atoms with Crippen LogP contribution >= 0.6 is 0 Å². The normalized spacial score (nSPS) is 19.7. The molecule has 1 saturated heterocycles. The van der Waals surface area contributed by atoms with Gasteiger partial charge in [-0.05, 0) is 55.8 Å². The van der Waals surface area contributed by atoms with E-state index in [4.69, 9.17) is 0 Å². The topological polar surface area (TPSA) is 50.2 Å². The summed E-state index contributed by atoms with van der Waals surface area (Å²) < 4.78 is 41.3. The highest BCUT2D eigenvalue weighted by Gasteiger charge is 2.38. The van der Waals surface area contributed by atoms with E-state index in [0.29, 0.717) is 19.9 Å². The minimum Gasteiger partial charge on any atom is -0.367 e. The van der Waals surface area contributed by atoms with Crippen molar-refractivity contribution < 1.29 is 18.0 Å². The zero-order valence-corrected chi connectivity index (χ0v) is 16.1. The molecule has 1 amide bonds. The number of hydrogen-bond donors (Lipinski definition) is 1. The molecule has 4 rings (SSSR count). The number of nitrogens with one attached hydrogen (secondary N) is 1. The molecule has 1 aromatic heterocycles. The maximum absolute atomic E-state index is 13.2. The summed E-state index contributed by atoms with van der Waals surface area (Å²) in [5.41, 5.74) is 2.57. The number of alkyl halides is 2. The van der Waals surface area contributed by atoms with Gasteiger partial charge in [0.2, 0.25) is 0 Å². The van der Waals surface area contributed by atoms with Gasteiger partial charge in [0, 0.05) is 30.6 Å². The van der Waals surface area contributed by atoms with Gasteiger partial charge in [0.25, 0.3) is 5.91 Å². The number of nitrogens with zero attached hydrogens (tertiary/aromatic N) is 3. The van der Waals surface area contributed by atoms with Crippen molar-refractivity contribution in [2.75, 3.05) is 11.4 Å². The molecule has 1 fully saturated rings. The van der Waals surface area contributed by atoms with Crippen LogP contribution in [0.25, 0.3) is 16.6 Å². The number of carbonyl (C=O) groups excluding carboxylic acids is 1. The predicted octanol–water partition coefficient (Wildman–Crippen LogP) is 3.90. The van der Waals surface area contributed by atoms with Gasteiger partial charge in [-0.25, -0.2) is 9.07 Å². The van der Waals surface area contributed by atoms with E-state index in [1.54, 1.807) is 23.0 Å². The Bertz CT molecular complexity index is 1040. The highest BCUT2D eigenvalue weighted by atomic mass is 19.3. The Morgan fingerprint density at radius 3 is 2.55 bits per heavy atom. The zero-order chi connectivity index (χ0) is 20.8. The number of carbonyl (C=O) groups is 1. The first-order valence-electron chi connectivity index (χ1n) is 9.43. The molecular weight excluding hydrogens is 381 g/mol. The van der Waals surface area contributed by atoms with Gasteiger partial charge in [0.05, 0.1) is 23.4 Å². The molecule has 2 aromatic carbocycles. The number of fused-ring (bicyclic) bond motifs is 1. The van der Waals surface area contributed by atoms with Crippen molar-refractivity contribution in [3.63, 3.8) is 0 Å². The number of halogens is 3. The molecule has 0 unspecified atom stereocenters. The maximum Gasteiger partial charge on any atom is 0.321 e. The van der Waals surface area contributed by atoms with Crippen molar-refractivity contribution >= 4 is 22.5 Å². The number of hydrogen-bond acceptors (Lipinski definition) is 3. The number of rotatable bonds is 4. The molecule has 2 atom stereocenters. The third-order valence-corrected chi connectivity index (χ3v) is 5.42. The summed E-state index contributed by atoms with van der Waals surface area (Å²) >= 11 is 0. The summed E-state index contributed by atoms with van der Waals surface area (Å²) in [5.74, 6) is -4.94. The smallest absolute Gasteiger partial charge is 0.321 e. The van der Waals surface area contributed by atoms with Crippen LogP contribution in [0.4, 0.5) is 18.9 Å². The van der Waals surface area contributed by atoms with Gasteiger partial charge in [0.1, 0.15) is 5.82 Å². The first-order valence-corrected chi connectivity index (χ1v) is 9.43. The predicted molar refractivity (Wildman–Crippen MR) is 105 cm³/mol. The van der Waals surface area contributed by atoms with E-state index in [9.17, 15) is 18.0 Å². The minimum atomic E-state index is -3.39. The fourth-order valence-corrected chi connectivity index (χ4v) is 3.78. The standard InChI is InChI=1S/C21H21F3N4O/c1-13-18(26-20(29)21(2,23)24)9-10-27(13)17-7-8-19-14(11-17)12-25-28(19)16-5-3-15(22)4-6-16/h3-8,11-13,18H,9-10H2,1-2H3,(H,26,29)/t13-,18+/m1/s1. The highest BCUT2D eigenvalue weighted by Crippen LogP contribution is 2.30. The minimum absolute atomic E-state index is 0.120. The second-order valence-corrected chi connectivity index (χ2v) is 7.47. The lowest BCUT2D eigenvalue weighted by Gasteiger charge is -2.27. The molecule has 1 N–H and O–H groups in total. The molecule has 29 heavy (non-hydrogen) atoms. The molecule has 1 aliphatic heterocycles. The lowest BCUT2D eigenvalue weighted by atomic mass is 10.1. The van der Waals surface area contributed by atoms with E-state index < -0.39 is 11.8 Å². The summed E-state index contributed by atoms with van der Waals surface area (Å²) in [5, 5.41) is 7.77. The Hall–Kier alpha value is -3.03. The lowest BCUT2D eigenvalue weighted by molar-refractivity contribution is -0.143. The van der Waals surface area contributed by atoms with Crippen molar-refractivity contribution in [1.29, 1.82) is 0 Å². The van der Waals surface area contributed by atoms with Crippen LogP contribution in [0.15, 0.2) is 48.7 Å². The van der Waals surface area contributed by atoms with E-state index >= 15 is 0 Å². The summed E-state index contributed by atoms with van der Waals surface area (Å²) in [6, 6.07) is 11.5. The molecule has 0 radical (unpaired) electrons. The Balaban J connectivity index is 1.56. The summed E-state index contributed by atoms with van der Waals surface area (Å²) in [7, 11) is 0. The Kier molecular flexibility index (Phi) is 4.72. The molecule has 0 saturated carbocycles. The van der Waals surface area contributed by atoms with Crippen LogP contribution in [0.5, 0.6) is 0 Å². The molecule has 0 aliphatic carbocycles. The second-order valence-electron chi connectivity index (χ2n) is 7.47. The van der Waals surface area contributed by atoms with Crippen LogP contribution in [-0.2, 0) is 4.79 Å². The molecule has 3 aromatic rings. The number of anilines is 1. The molecule has 1 aliphatic rings. The van der Waals surface area contributed by atoms with E-state index in [0.717, 1.165) is 22.3 Å². The highest BCUT2D eigenvalue weighted by molar-refractivity contribution is 5.85. The molecule has 0 bridgehead atoms. The van der Waals surface area contributed by atoms with Crippen LogP contribution in [0.1, 0.15) is 20.3 Å². The summed E-state index contributed by atoms with van der Waals surface area (Å²) in [4.78, 5) is 13.7. The second kappa shape index (κ2) is 7.09. The third-order valence-electron chi connectivity index (χ3n) is 5.42. The van der Waals surface area contributed by atoms with Gasteiger partial charge in [0.15, 0.2) is 0 Å². The molecular formula is C21H21F3N4O. The summed E-state index contributed by atoms with van der Waals surface area (Å²) in [6.45, 7) is 3.17. The fraction of sp³-hybridized carbons (Fsp3) is 0.333. The first kappa shape index (κ1) is 19.3. The zero-order valence-electron chi connectivity index (χ0n) is 16.1. The average Bonchev–Trinajstić information content (AvgIpc) is 3.25. The van der Waals surface area contributed by atoms with Crippen LogP contribution < -0.4 is 10.2 Å². The van der Waals surface area contributed by atoms with Crippen LogP contribution in [-0.4, -0.2) is 40.2 Å². The lowest BCUT2D eigenvalue weighted by Crippen LogP contribution is -2.48. The van der Waals surface area contributed by atoms with Crippen molar-refractivity contribution in [3.8, 4) is 5.69 Å². The van der Waals surface area contributed by atoms with Gasteiger partial charge in [-0.3, -0.25) is 4.79 Å². The Morgan fingerprint density at radius 1 is 1.17 bits per heavy atom. The van der Waals surface area contributed by atoms with Crippen molar-refractivity contribution in [3.05, 3.63) is 54.5 Å². The number of aromatic nitrogens is 2. The van der Waals surface area contributed by atoms with E-state index in [2.05, 4.69) is 15.3 Å². The maximum atomic E-state index is 13.2. The average molecular weight is 402 g/mol. The third kappa shape index (κ3) is 3.66. The van der Waals surface area contributed by atoms with Gasteiger partial charge in [-0.1, -0.05) is 0 Å². The van der Waals surface area contributed by atoms with Crippen molar-refractivity contribution in [2.45, 2.75) is 38.3 Å². The molecule has 8 heteroatoms. The first-order chi connectivity index (χ1) is 13.7. The van der Waals surface area contributed by atoms with E-state index in [1.165, 1.54) is 12.1 Å². The van der Waals surface area contributed by atoms with E-state index in [-0.39, 0.29) is 17.9 Å². The Morgan fingerprint density at radius 2 is 1.86 bits per heavy atom.